The SMILES string of the molecule is CC(=O)Nc1nc(CSc2cc(Cl)ccc2N)cs1. The van der Waals surface area contributed by atoms with Gasteiger partial charge in [-0.25, -0.2) is 4.98 Å². The van der Waals surface area contributed by atoms with Crippen molar-refractivity contribution >= 4 is 51.4 Å². The first kappa shape index (κ1) is 14.2. The third kappa shape index (κ3) is 4.12. The second-order valence-corrected chi connectivity index (χ2v) is 6.11. The van der Waals surface area contributed by atoms with Crippen molar-refractivity contribution in [2.75, 3.05) is 11.1 Å². The van der Waals surface area contributed by atoms with Gasteiger partial charge in [-0.05, 0) is 18.2 Å². The number of rotatable bonds is 4. The summed E-state index contributed by atoms with van der Waals surface area (Å²) in [6.07, 6.45) is 0. The lowest BCUT2D eigenvalue weighted by molar-refractivity contribution is -0.114. The lowest BCUT2D eigenvalue weighted by atomic mass is 10.3. The van der Waals surface area contributed by atoms with Gasteiger partial charge < -0.3 is 11.1 Å². The summed E-state index contributed by atoms with van der Waals surface area (Å²) >= 11 is 8.91. The monoisotopic (exact) mass is 313 g/mol. The van der Waals surface area contributed by atoms with Gasteiger partial charge in [0.05, 0.1) is 5.69 Å². The van der Waals surface area contributed by atoms with Crippen LogP contribution in [0.1, 0.15) is 12.6 Å². The first-order valence-electron chi connectivity index (χ1n) is 5.44. The van der Waals surface area contributed by atoms with E-state index in [0.29, 0.717) is 21.6 Å². The molecule has 7 heteroatoms. The van der Waals surface area contributed by atoms with Gasteiger partial charge >= 0.3 is 0 Å². The molecule has 0 aliphatic carbocycles. The van der Waals surface area contributed by atoms with Crippen molar-refractivity contribution in [3.8, 4) is 0 Å². The van der Waals surface area contributed by atoms with Crippen LogP contribution in [0.25, 0.3) is 0 Å². The van der Waals surface area contributed by atoms with E-state index in [1.807, 2.05) is 11.4 Å². The summed E-state index contributed by atoms with van der Waals surface area (Å²) < 4.78 is 0. The Hall–Kier alpha value is -1.24. The minimum Gasteiger partial charge on any atom is -0.398 e. The first-order valence-corrected chi connectivity index (χ1v) is 7.69. The largest absolute Gasteiger partial charge is 0.398 e. The third-order valence-electron chi connectivity index (χ3n) is 2.19. The second-order valence-electron chi connectivity index (χ2n) is 3.80. The Labute approximate surface area is 124 Å². The Kier molecular flexibility index (Phi) is 4.68. The van der Waals surface area contributed by atoms with E-state index in [1.54, 1.807) is 23.9 Å². The number of hydrogen-bond acceptors (Lipinski definition) is 5. The number of hydrogen-bond donors (Lipinski definition) is 2. The number of aromatic nitrogens is 1. The standard InChI is InChI=1S/C12H12ClN3OS2/c1-7(17)15-12-16-9(6-19-12)5-18-11-4-8(13)2-3-10(11)14/h2-4,6H,5,14H2,1H3,(H,15,16,17). The van der Waals surface area contributed by atoms with E-state index >= 15 is 0 Å². The van der Waals surface area contributed by atoms with Crippen LogP contribution in [0, 0.1) is 0 Å². The van der Waals surface area contributed by atoms with Crippen LogP contribution in [0.5, 0.6) is 0 Å². The molecule has 3 N–H and O–H groups in total. The molecule has 2 rings (SSSR count). The van der Waals surface area contributed by atoms with Crippen molar-refractivity contribution in [2.24, 2.45) is 0 Å². The van der Waals surface area contributed by atoms with Crippen LogP contribution >= 0.6 is 34.7 Å². The fourth-order valence-electron chi connectivity index (χ4n) is 1.37. The fraction of sp³-hybridized carbons (Fsp3) is 0.167. The molecule has 0 aliphatic rings. The molecule has 0 saturated heterocycles. The molecular weight excluding hydrogens is 302 g/mol. The van der Waals surface area contributed by atoms with Gasteiger partial charge in [-0.2, -0.15) is 0 Å². The molecular formula is C12H12ClN3OS2. The van der Waals surface area contributed by atoms with E-state index in [2.05, 4.69) is 10.3 Å². The zero-order valence-electron chi connectivity index (χ0n) is 10.1. The smallest absolute Gasteiger partial charge is 0.223 e. The number of nitrogens with one attached hydrogen (secondary N) is 1. The van der Waals surface area contributed by atoms with Crippen LogP contribution in [0.2, 0.25) is 5.02 Å². The number of nitrogen functional groups attached to an aromatic ring is 1. The molecule has 1 aromatic carbocycles. The molecule has 0 bridgehead atoms. The van der Waals surface area contributed by atoms with E-state index in [4.69, 9.17) is 17.3 Å². The van der Waals surface area contributed by atoms with Gasteiger partial charge in [0.15, 0.2) is 5.13 Å². The van der Waals surface area contributed by atoms with E-state index in [1.165, 1.54) is 18.3 Å². The highest BCUT2D eigenvalue weighted by atomic mass is 35.5. The summed E-state index contributed by atoms with van der Waals surface area (Å²) in [6, 6.07) is 5.38. The summed E-state index contributed by atoms with van der Waals surface area (Å²) in [5, 5.41) is 5.85. The number of carbonyl (C=O) groups excluding carboxylic acids is 1. The van der Waals surface area contributed by atoms with Crippen LogP contribution < -0.4 is 11.1 Å². The molecule has 2 aromatic rings. The minimum atomic E-state index is -0.118. The van der Waals surface area contributed by atoms with E-state index in [9.17, 15) is 4.79 Å². The zero-order valence-corrected chi connectivity index (χ0v) is 12.5. The first-order chi connectivity index (χ1) is 9.04. The van der Waals surface area contributed by atoms with Crippen LogP contribution in [0.15, 0.2) is 28.5 Å². The number of carbonyl (C=O) groups is 1. The second kappa shape index (κ2) is 6.27. The molecule has 0 aliphatic heterocycles. The maximum absolute atomic E-state index is 10.9. The van der Waals surface area contributed by atoms with Gasteiger partial charge in [0, 0.05) is 33.7 Å². The van der Waals surface area contributed by atoms with Crippen LogP contribution in [-0.4, -0.2) is 10.9 Å². The van der Waals surface area contributed by atoms with E-state index in [0.717, 1.165) is 10.6 Å². The predicted molar refractivity (Wildman–Crippen MR) is 81.8 cm³/mol. The summed E-state index contributed by atoms with van der Waals surface area (Å²) in [6.45, 7) is 1.46. The van der Waals surface area contributed by atoms with Crippen molar-refractivity contribution in [1.29, 1.82) is 0 Å². The van der Waals surface area contributed by atoms with Gasteiger partial charge in [0.2, 0.25) is 5.91 Å². The number of halogens is 1. The molecule has 0 fully saturated rings. The van der Waals surface area contributed by atoms with Gasteiger partial charge in [-0.1, -0.05) is 11.6 Å². The quantitative estimate of drug-likeness (QED) is 0.668. The van der Waals surface area contributed by atoms with Crippen LogP contribution in [0.4, 0.5) is 10.8 Å². The lowest BCUT2D eigenvalue weighted by Crippen LogP contribution is -2.05. The van der Waals surface area contributed by atoms with Gasteiger partial charge in [0.1, 0.15) is 0 Å². The van der Waals surface area contributed by atoms with Crippen molar-refractivity contribution in [3.05, 3.63) is 34.3 Å². The van der Waals surface area contributed by atoms with Gasteiger partial charge in [0.25, 0.3) is 0 Å². The number of nitrogens with two attached hydrogens (primary N) is 1. The maximum Gasteiger partial charge on any atom is 0.223 e. The van der Waals surface area contributed by atoms with E-state index in [-0.39, 0.29) is 5.91 Å². The molecule has 19 heavy (non-hydrogen) atoms. The highest BCUT2D eigenvalue weighted by molar-refractivity contribution is 7.98. The van der Waals surface area contributed by atoms with E-state index < -0.39 is 0 Å². The topological polar surface area (TPSA) is 68.0 Å². The Morgan fingerprint density at radius 1 is 1.58 bits per heavy atom. The van der Waals surface area contributed by atoms with Crippen LogP contribution in [-0.2, 0) is 10.5 Å². The highest BCUT2D eigenvalue weighted by Gasteiger charge is 2.06. The van der Waals surface area contributed by atoms with Crippen molar-refractivity contribution in [1.82, 2.24) is 4.98 Å². The fourth-order valence-corrected chi connectivity index (χ4v) is 3.36. The number of benzene rings is 1. The van der Waals surface area contributed by atoms with Crippen molar-refractivity contribution < 1.29 is 4.79 Å². The van der Waals surface area contributed by atoms with Crippen LogP contribution in [0.3, 0.4) is 0 Å². The van der Waals surface area contributed by atoms with Gasteiger partial charge in [-0.15, -0.1) is 23.1 Å². The number of thiazole rings is 1. The number of thioether (sulfide) groups is 1. The molecule has 0 saturated carbocycles. The average molecular weight is 314 g/mol. The number of amides is 1. The summed E-state index contributed by atoms with van der Waals surface area (Å²) in [5.74, 6) is 0.563. The molecule has 0 radical (unpaired) electrons. The molecule has 1 heterocycles. The molecule has 0 unspecified atom stereocenters. The molecule has 0 spiro atoms. The third-order valence-corrected chi connectivity index (χ3v) is 4.33. The predicted octanol–water partition coefficient (Wildman–Crippen LogP) is 3.63. The number of anilines is 2. The number of nitrogens with zero attached hydrogens (tertiary/aromatic N) is 1. The Balaban J connectivity index is 2.00. The highest BCUT2D eigenvalue weighted by Crippen LogP contribution is 2.31. The average Bonchev–Trinajstić information content (AvgIpc) is 2.77. The summed E-state index contributed by atoms with van der Waals surface area (Å²) in [5.41, 5.74) is 7.47. The molecule has 4 nitrogen and oxygen atoms in total. The maximum atomic E-state index is 10.9. The summed E-state index contributed by atoms with van der Waals surface area (Å²) in [4.78, 5) is 16.1. The Morgan fingerprint density at radius 3 is 3.11 bits per heavy atom. The zero-order chi connectivity index (χ0) is 13.8. The molecule has 1 amide bonds. The Bertz CT molecular complexity index is 600. The molecule has 0 atom stereocenters. The molecule has 1 aromatic heterocycles. The lowest BCUT2D eigenvalue weighted by Gasteiger charge is -2.04. The molecule has 100 valence electrons. The van der Waals surface area contributed by atoms with Crippen molar-refractivity contribution in [3.63, 3.8) is 0 Å². The van der Waals surface area contributed by atoms with Gasteiger partial charge in [-0.3, -0.25) is 4.79 Å². The Morgan fingerprint density at radius 2 is 2.37 bits per heavy atom. The van der Waals surface area contributed by atoms with Crippen molar-refractivity contribution in [2.45, 2.75) is 17.6 Å². The normalized spacial score (nSPS) is 10.4. The minimum absolute atomic E-state index is 0.118. The summed E-state index contributed by atoms with van der Waals surface area (Å²) in [7, 11) is 0.